The van der Waals surface area contributed by atoms with Crippen LogP contribution < -0.4 is 5.32 Å². The number of carboxylic acid groups (broad SMARTS) is 1. The number of nitrogens with one attached hydrogen (secondary N) is 1. The van der Waals surface area contributed by atoms with Gasteiger partial charge in [-0.15, -0.1) is 0 Å². The van der Waals surface area contributed by atoms with Crippen LogP contribution in [0.1, 0.15) is 37.3 Å². The fourth-order valence-corrected chi connectivity index (χ4v) is 3.18. The topological polar surface area (TPSA) is 105 Å². The van der Waals surface area contributed by atoms with Crippen LogP contribution in [0.25, 0.3) is 11.0 Å². The average molecular weight is 398 g/mol. The number of amides is 1. The maximum atomic E-state index is 12.8. The molecule has 0 bridgehead atoms. The molecule has 154 valence electrons. The van der Waals surface area contributed by atoms with Crippen LogP contribution in [0, 0.1) is 0 Å². The monoisotopic (exact) mass is 398 g/mol. The number of nitrogens with zero attached hydrogens (tertiary/aromatic N) is 5. The molecule has 2 aromatic heterocycles. The number of fused-ring (bicyclic) bond motifs is 1. The highest BCUT2D eigenvalue weighted by molar-refractivity contribution is 5.94. The van der Waals surface area contributed by atoms with Crippen LogP contribution in [-0.4, -0.2) is 60.8 Å². The molecule has 0 saturated heterocycles. The SMILES string of the molecule is CCN(CC)CCn1c(NC(=O)C(C)n2ccc(C(=O)O)n2)nc2ccccc21. The van der Waals surface area contributed by atoms with Crippen molar-refractivity contribution in [2.24, 2.45) is 0 Å². The number of carbonyl (C=O) groups excluding carboxylic acids is 1. The summed E-state index contributed by atoms with van der Waals surface area (Å²) in [6.07, 6.45) is 1.48. The summed E-state index contributed by atoms with van der Waals surface area (Å²) >= 11 is 0. The van der Waals surface area contributed by atoms with Gasteiger partial charge in [-0.3, -0.25) is 14.8 Å². The molecule has 2 N–H and O–H groups in total. The molecule has 3 aromatic rings. The van der Waals surface area contributed by atoms with E-state index >= 15 is 0 Å². The zero-order valence-corrected chi connectivity index (χ0v) is 16.9. The van der Waals surface area contributed by atoms with E-state index in [1.54, 1.807) is 6.92 Å². The Morgan fingerprint density at radius 3 is 2.59 bits per heavy atom. The van der Waals surface area contributed by atoms with Gasteiger partial charge in [-0.1, -0.05) is 26.0 Å². The van der Waals surface area contributed by atoms with Crippen LogP contribution in [0.2, 0.25) is 0 Å². The first-order valence-corrected chi connectivity index (χ1v) is 9.71. The highest BCUT2D eigenvalue weighted by Crippen LogP contribution is 2.21. The second-order valence-electron chi connectivity index (χ2n) is 6.75. The number of para-hydroxylation sites is 2. The zero-order chi connectivity index (χ0) is 21.0. The van der Waals surface area contributed by atoms with E-state index in [1.807, 2.05) is 28.8 Å². The summed E-state index contributed by atoms with van der Waals surface area (Å²) < 4.78 is 3.34. The first kappa shape index (κ1) is 20.5. The van der Waals surface area contributed by atoms with Gasteiger partial charge < -0.3 is 14.6 Å². The summed E-state index contributed by atoms with van der Waals surface area (Å²) in [7, 11) is 0. The average Bonchev–Trinajstić information content (AvgIpc) is 3.33. The standard InChI is InChI=1S/C20H26N6O3/c1-4-24(5-2)12-13-25-17-9-7-6-8-15(17)21-20(25)22-18(27)14(3)26-11-10-16(23-26)19(28)29/h6-11,14H,4-5,12-13H2,1-3H3,(H,28,29)(H,21,22,27). The first-order valence-electron chi connectivity index (χ1n) is 9.71. The lowest BCUT2D eigenvalue weighted by molar-refractivity contribution is -0.119. The minimum Gasteiger partial charge on any atom is -0.476 e. The Bertz CT molecular complexity index is 1000. The Morgan fingerprint density at radius 1 is 1.21 bits per heavy atom. The highest BCUT2D eigenvalue weighted by atomic mass is 16.4. The van der Waals surface area contributed by atoms with Crippen LogP contribution in [0.4, 0.5) is 5.95 Å². The Morgan fingerprint density at radius 2 is 1.93 bits per heavy atom. The molecule has 0 saturated carbocycles. The van der Waals surface area contributed by atoms with Crippen molar-refractivity contribution in [2.75, 3.05) is 25.0 Å². The molecule has 0 aliphatic heterocycles. The molecule has 2 heterocycles. The molecule has 1 unspecified atom stereocenters. The number of anilines is 1. The van der Waals surface area contributed by atoms with Crippen LogP contribution in [0.15, 0.2) is 36.5 Å². The third kappa shape index (κ3) is 4.45. The third-order valence-electron chi connectivity index (χ3n) is 5.03. The molecule has 1 atom stereocenters. The molecule has 9 heteroatoms. The number of benzene rings is 1. The predicted molar refractivity (Wildman–Crippen MR) is 110 cm³/mol. The Labute approximate surface area is 168 Å². The number of hydrogen-bond acceptors (Lipinski definition) is 5. The van der Waals surface area contributed by atoms with E-state index in [-0.39, 0.29) is 11.6 Å². The van der Waals surface area contributed by atoms with E-state index in [2.05, 4.69) is 34.1 Å². The van der Waals surface area contributed by atoms with Crippen LogP contribution in [-0.2, 0) is 11.3 Å². The maximum absolute atomic E-state index is 12.8. The van der Waals surface area contributed by atoms with Crippen molar-refractivity contribution in [1.82, 2.24) is 24.2 Å². The molecule has 0 spiro atoms. The fraction of sp³-hybridized carbons (Fsp3) is 0.400. The molecule has 0 aliphatic carbocycles. The van der Waals surface area contributed by atoms with E-state index in [1.165, 1.54) is 16.9 Å². The lowest BCUT2D eigenvalue weighted by atomic mass is 10.3. The minimum atomic E-state index is -1.13. The summed E-state index contributed by atoms with van der Waals surface area (Å²) in [5, 5.41) is 15.8. The van der Waals surface area contributed by atoms with Crippen molar-refractivity contribution in [2.45, 2.75) is 33.4 Å². The number of likely N-dealkylation sites (N-methyl/N-ethyl adjacent to an activating group) is 1. The molecule has 3 rings (SSSR count). The summed E-state index contributed by atoms with van der Waals surface area (Å²) in [5.74, 6) is -0.972. The zero-order valence-electron chi connectivity index (χ0n) is 16.9. The number of rotatable bonds is 9. The van der Waals surface area contributed by atoms with Crippen molar-refractivity contribution < 1.29 is 14.7 Å². The summed E-state index contributed by atoms with van der Waals surface area (Å²) in [6.45, 7) is 9.34. The van der Waals surface area contributed by atoms with Gasteiger partial charge in [0.15, 0.2) is 5.69 Å². The highest BCUT2D eigenvalue weighted by Gasteiger charge is 2.21. The van der Waals surface area contributed by atoms with Crippen molar-refractivity contribution in [3.63, 3.8) is 0 Å². The van der Waals surface area contributed by atoms with Gasteiger partial charge in [0.25, 0.3) is 5.91 Å². The Balaban J connectivity index is 1.83. The number of carboxylic acids is 1. The lowest BCUT2D eigenvalue weighted by Gasteiger charge is -2.20. The van der Waals surface area contributed by atoms with Gasteiger partial charge in [-0.05, 0) is 38.2 Å². The number of hydrogen-bond donors (Lipinski definition) is 2. The maximum Gasteiger partial charge on any atom is 0.356 e. The number of aromatic carboxylic acids is 1. The van der Waals surface area contributed by atoms with E-state index in [0.29, 0.717) is 12.5 Å². The predicted octanol–water partition coefficient (Wildman–Crippen LogP) is 2.47. The van der Waals surface area contributed by atoms with Gasteiger partial charge >= 0.3 is 5.97 Å². The number of imidazole rings is 1. The van der Waals surface area contributed by atoms with Crippen LogP contribution in [0.3, 0.4) is 0 Å². The molecule has 1 amide bonds. The van der Waals surface area contributed by atoms with E-state index in [0.717, 1.165) is 30.7 Å². The molecule has 1 aromatic carbocycles. The Hall–Kier alpha value is -3.20. The molecular formula is C20H26N6O3. The largest absolute Gasteiger partial charge is 0.476 e. The van der Waals surface area contributed by atoms with Gasteiger partial charge in [-0.25, -0.2) is 9.78 Å². The minimum absolute atomic E-state index is 0.101. The fourth-order valence-electron chi connectivity index (χ4n) is 3.18. The summed E-state index contributed by atoms with van der Waals surface area (Å²) in [4.78, 5) is 30.7. The molecule has 0 radical (unpaired) electrons. The van der Waals surface area contributed by atoms with Crippen LogP contribution >= 0.6 is 0 Å². The second-order valence-corrected chi connectivity index (χ2v) is 6.75. The lowest BCUT2D eigenvalue weighted by Crippen LogP contribution is -2.29. The van der Waals surface area contributed by atoms with E-state index in [9.17, 15) is 9.59 Å². The quantitative estimate of drug-likeness (QED) is 0.574. The van der Waals surface area contributed by atoms with Crippen molar-refractivity contribution in [3.05, 3.63) is 42.2 Å². The van der Waals surface area contributed by atoms with Crippen molar-refractivity contribution in [1.29, 1.82) is 0 Å². The van der Waals surface area contributed by atoms with Gasteiger partial charge in [0.2, 0.25) is 5.95 Å². The van der Waals surface area contributed by atoms with Crippen molar-refractivity contribution in [3.8, 4) is 0 Å². The summed E-state index contributed by atoms with van der Waals surface area (Å²) in [5.41, 5.74) is 1.66. The van der Waals surface area contributed by atoms with Gasteiger partial charge in [0.05, 0.1) is 11.0 Å². The van der Waals surface area contributed by atoms with E-state index in [4.69, 9.17) is 5.11 Å². The molecule has 0 fully saturated rings. The second kappa shape index (κ2) is 8.87. The van der Waals surface area contributed by atoms with Gasteiger partial charge in [0, 0.05) is 19.3 Å². The molecular weight excluding hydrogens is 372 g/mol. The molecule has 29 heavy (non-hydrogen) atoms. The third-order valence-corrected chi connectivity index (χ3v) is 5.03. The number of carbonyl (C=O) groups is 2. The van der Waals surface area contributed by atoms with Gasteiger partial charge in [-0.2, -0.15) is 5.10 Å². The smallest absolute Gasteiger partial charge is 0.356 e. The van der Waals surface area contributed by atoms with E-state index < -0.39 is 12.0 Å². The first-order chi connectivity index (χ1) is 13.9. The van der Waals surface area contributed by atoms with Crippen LogP contribution in [0.5, 0.6) is 0 Å². The normalized spacial score (nSPS) is 12.4. The molecule has 9 nitrogen and oxygen atoms in total. The number of aromatic nitrogens is 4. The van der Waals surface area contributed by atoms with Gasteiger partial charge in [0.1, 0.15) is 6.04 Å². The Kier molecular flexibility index (Phi) is 6.28. The van der Waals surface area contributed by atoms with Crippen molar-refractivity contribution >= 4 is 28.9 Å². The summed E-state index contributed by atoms with van der Waals surface area (Å²) in [6, 6.07) is 8.44. The molecule has 0 aliphatic rings.